The van der Waals surface area contributed by atoms with Gasteiger partial charge in [0, 0.05) is 31.1 Å². The zero-order chi connectivity index (χ0) is 15.8. The van der Waals surface area contributed by atoms with Crippen molar-refractivity contribution < 1.29 is 4.79 Å². The highest BCUT2D eigenvalue weighted by atomic mass is 32.1. The van der Waals surface area contributed by atoms with Crippen molar-refractivity contribution >= 4 is 34.2 Å². The first kappa shape index (κ1) is 14.1. The SMILES string of the molecule is Cc1ccc(C(=O)N2CCN(c3ncnc4nc[nH]c34)CC2)s1. The van der Waals surface area contributed by atoms with Gasteiger partial charge in [-0.25, -0.2) is 15.0 Å². The lowest BCUT2D eigenvalue weighted by Crippen LogP contribution is -2.49. The summed E-state index contributed by atoms with van der Waals surface area (Å²) in [6, 6.07) is 3.90. The lowest BCUT2D eigenvalue weighted by atomic mass is 10.3. The number of carbonyl (C=O) groups is 1. The zero-order valence-electron chi connectivity index (χ0n) is 12.7. The lowest BCUT2D eigenvalue weighted by molar-refractivity contribution is 0.0751. The second-order valence-corrected chi connectivity index (χ2v) is 6.78. The van der Waals surface area contributed by atoms with Gasteiger partial charge in [0.1, 0.15) is 11.8 Å². The Morgan fingerprint density at radius 3 is 2.74 bits per heavy atom. The summed E-state index contributed by atoms with van der Waals surface area (Å²) in [6.07, 6.45) is 3.16. The number of hydrogen-bond donors (Lipinski definition) is 1. The van der Waals surface area contributed by atoms with Crippen LogP contribution in [0.5, 0.6) is 0 Å². The predicted octanol–water partition coefficient (Wildman–Crippen LogP) is 1.69. The molecule has 0 atom stereocenters. The number of thiophene rings is 1. The van der Waals surface area contributed by atoms with Crippen LogP contribution in [0.2, 0.25) is 0 Å². The molecule has 1 aliphatic rings. The summed E-state index contributed by atoms with van der Waals surface area (Å²) in [5.41, 5.74) is 1.52. The number of aromatic nitrogens is 4. The molecule has 7 nitrogen and oxygen atoms in total. The quantitative estimate of drug-likeness (QED) is 0.774. The summed E-state index contributed by atoms with van der Waals surface area (Å²) in [5.74, 6) is 0.976. The Bertz CT molecular complexity index is 848. The lowest BCUT2D eigenvalue weighted by Gasteiger charge is -2.35. The van der Waals surface area contributed by atoms with Crippen LogP contribution in [-0.4, -0.2) is 56.9 Å². The number of rotatable bonds is 2. The maximum atomic E-state index is 12.5. The van der Waals surface area contributed by atoms with Gasteiger partial charge in [-0.2, -0.15) is 0 Å². The number of piperazine rings is 1. The van der Waals surface area contributed by atoms with Gasteiger partial charge in [0.05, 0.1) is 11.2 Å². The van der Waals surface area contributed by atoms with Crippen LogP contribution < -0.4 is 4.90 Å². The van der Waals surface area contributed by atoms with Gasteiger partial charge < -0.3 is 14.8 Å². The molecule has 0 bridgehead atoms. The van der Waals surface area contributed by atoms with E-state index in [0.29, 0.717) is 18.7 Å². The minimum absolute atomic E-state index is 0.122. The Balaban J connectivity index is 1.49. The van der Waals surface area contributed by atoms with E-state index in [9.17, 15) is 4.79 Å². The third-order valence-corrected chi connectivity index (χ3v) is 5.01. The molecule has 1 amide bonds. The molecular formula is C15H16N6OS. The highest BCUT2D eigenvalue weighted by Gasteiger charge is 2.25. The largest absolute Gasteiger partial charge is 0.351 e. The summed E-state index contributed by atoms with van der Waals surface area (Å²) in [6.45, 7) is 4.90. The van der Waals surface area contributed by atoms with Gasteiger partial charge in [0.25, 0.3) is 5.91 Å². The monoisotopic (exact) mass is 328 g/mol. The number of carbonyl (C=O) groups excluding carboxylic acids is 1. The molecule has 0 unspecified atom stereocenters. The van der Waals surface area contributed by atoms with Crippen molar-refractivity contribution in [2.75, 3.05) is 31.1 Å². The number of aryl methyl sites for hydroxylation is 1. The summed E-state index contributed by atoms with van der Waals surface area (Å²) in [5, 5.41) is 0. The van der Waals surface area contributed by atoms with Gasteiger partial charge >= 0.3 is 0 Å². The summed E-state index contributed by atoms with van der Waals surface area (Å²) >= 11 is 1.55. The second kappa shape index (κ2) is 5.62. The standard InChI is InChI=1S/C15H16N6OS/c1-10-2-3-11(23-10)15(22)21-6-4-20(5-7-21)14-12-13(17-8-16-12)18-9-19-14/h2-3,8-9H,4-7H2,1H3,(H,16,17,18,19). The van der Waals surface area contributed by atoms with Crippen LogP contribution in [0.3, 0.4) is 0 Å². The van der Waals surface area contributed by atoms with Crippen molar-refractivity contribution in [2.24, 2.45) is 0 Å². The minimum atomic E-state index is 0.122. The molecule has 0 aromatic carbocycles. The molecule has 4 rings (SSSR count). The van der Waals surface area contributed by atoms with Crippen molar-refractivity contribution in [1.29, 1.82) is 0 Å². The molecule has 1 N–H and O–H groups in total. The second-order valence-electron chi connectivity index (χ2n) is 5.49. The van der Waals surface area contributed by atoms with Crippen molar-refractivity contribution in [2.45, 2.75) is 6.92 Å². The predicted molar refractivity (Wildman–Crippen MR) is 88.9 cm³/mol. The Labute approximate surface area is 137 Å². The van der Waals surface area contributed by atoms with E-state index in [1.54, 1.807) is 17.7 Å². The fourth-order valence-electron chi connectivity index (χ4n) is 2.82. The Morgan fingerprint density at radius 1 is 1.17 bits per heavy atom. The van der Waals surface area contributed by atoms with Crippen molar-refractivity contribution in [3.05, 3.63) is 34.5 Å². The average molecular weight is 328 g/mol. The van der Waals surface area contributed by atoms with Gasteiger partial charge in [-0.15, -0.1) is 11.3 Å². The minimum Gasteiger partial charge on any atom is -0.351 e. The van der Waals surface area contributed by atoms with Crippen LogP contribution in [0, 0.1) is 6.92 Å². The van der Waals surface area contributed by atoms with Crippen LogP contribution in [0.15, 0.2) is 24.8 Å². The van der Waals surface area contributed by atoms with Gasteiger partial charge in [0.2, 0.25) is 0 Å². The number of aromatic amines is 1. The Morgan fingerprint density at radius 2 is 2.00 bits per heavy atom. The van der Waals surface area contributed by atoms with Gasteiger partial charge in [-0.05, 0) is 19.1 Å². The smallest absolute Gasteiger partial charge is 0.264 e. The average Bonchev–Trinajstić information content (AvgIpc) is 3.22. The van der Waals surface area contributed by atoms with Crippen molar-refractivity contribution in [1.82, 2.24) is 24.8 Å². The van der Waals surface area contributed by atoms with E-state index in [0.717, 1.165) is 34.2 Å². The third kappa shape index (κ3) is 2.55. The molecule has 0 aliphatic carbocycles. The molecule has 3 aromatic heterocycles. The molecule has 8 heteroatoms. The van der Waals surface area contributed by atoms with E-state index in [2.05, 4.69) is 24.8 Å². The molecule has 23 heavy (non-hydrogen) atoms. The number of nitrogens with zero attached hydrogens (tertiary/aromatic N) is 5. The highest BCUT2D eigenvalue weighted by Crippen LogP contribution is 2.22. The van der Waals surface area contributed by atoms with Crippen molar-refractivity contribution in [3.8, 4) is 0 Å². The fraction of sp³-hybridized carbons (Fsp3) is 0.333. The van der Waals surface area contributed by atoms with Gasteiger partial charge in [-0.3, -0.25) is 4.79 Å². The number of imidazole rings is 1. The molecule has 4 heterocycles. The highest BCUT2D eigenvalue weighted by molar-refractivity contribution is 7.13. The molecule has 1 aliphatic heterocycles. The van der Waals surface area contributed by atoms with Crippen LogP contribution in [-0.2, 0) is 0 Å². The summed E-state index contributed by atoms with van der Waals surface area (Å²) in [4.78, 5) is 34.3. The molecule has 0 saturated carbocycles. The Kier molecular flexibility index (Phi) is 3.45. The first-order valence-electron chi connectivity index (χ1n) is 7.47. The van der Waals surface area contributed by atoms with Gasteiger partial charge in [0.15, 0.2) is 11.5 Å². The van der Waals surface area contributed by atoms with Gasteiger partial charge in [-0.1, -0.05) is 0 Å². The maximum absolute atomic E-state index is 12.5. The molecule has 1 fully saturated rings. The number of H-pyrrole nitrogens is 1. The van der Waals surface area contributed by atoms with E-state index < -0.39 is 0 Å². The molecule has 0 spiro atoms. The number of hydrogen-bond acceptors (Lipinski definition) is 6. The molecule has 3 aromatic rings. The van der Waals surface area contributed by atoms with Crippen LogP contribution in [0.4, 0.5) is 5.82 Å². The number of amides is 1. The van der Waals surface area contributed by atoms with Crippen LogP contribution >= 0.6 is 11.3 Å². The topological polar surface area (TPSA) is 78.0 Å². The fourth-order valence-corrected chi connectivity index (χ4v) is 3.65. The molecule has 0 radical (unpaired) electrons. The van der Waals surface area contributed by atoms with E-state index in [1.807, 2.05) is 24.0 Å². The van der Waals surface area contributed by atoms with Crippen LogP contribution in [0.25, 0.3) is 11.2 Å². The zero-order valence-corrected chi connectivity index (χ0v) is 13.5. The van der Waals surface area contributed by atoms with E-state index >= 15 is 0 Å². The number of nitrogens with one attached hydrogen (secondary N) is 1. The normalized spacial score (nSPS) is 15.3. The number of anilines is 1. The van der Waals surface area contributed by atoms with E-state index in [4.69, 9.17) is 0 Å². The van der Waals surface area contributed by atoms with Crippen molar-refractivity contribution in [3.63, 3.8) is 0 Å². The van der Waals surface area contributed by atoms with Crippen LogP contribution in [0.1, 0.15) is 14.5 Å². The first-order chi connectivity index (χ1) is 11.2. The number of fused-ring (bicyclic) bond motifs is 1. The first-order valence-corrected chi connectivity index (χ1v) is 8.29. The third-order valence-electron chi connectivity index (χ3n) is 4.02. The molecule has 1 saturated heterocycles. The molecule has 118 valence electrons. The summed E-state index contributed by atoms with van der Waals surface area (Å²) < 4.78 is 0. The maximum Gasteiger partial charge on any atom is 0.264 e. The summed E-state index contributed by atoms with van der Waals surface area (Å²) in [7, 11) is 0. The molecular weight excluding hydrogens is 312 g/mol. The van der Waals surface area contributed by atoms with E-state index in [1.165, 1.54) is 6.33 Å². The Hall–Kier alpha value is -2.48. The van der Waals surface area contributed by atoms with E-state index in [-0.39, 0.29) is 5.91 Å².